The highest BCUT2D eigenvalue weighted by atomic mass is 16.5. The lowest BCUT2D eigenvalue weighted by Crippen LogP contribution is -2.34. The summed E-state index contributed by atoms with van der Waals surface area (Å²) in [4.78, 5) is 24.4. The molecule has 1 aromatic carbocycles. The number of carbonyl (C=O) groups excluding carboxylic acids is 2. The SMILES string of the molecule is COc1ccc(C(=O)OCC(=O)N/N=C2\CC3CCC2(C)C3(C)C)c(OC)c1. The average Bonchev–Trinajstić information content (AvgIpc) is 3.03. The molecule has 3 rings (SSSR count). The second kappa shape index (κ2) is 7.45. The molecule has 2 atom stereocenters. The van der Waals surface area contributed by atoms with E-state index in [-0.39, 0.29) is 16.4 Å². The van der Waals surface area contributed by atoms with Crippen LogP contribution >= 0.6 is 0 Å². The molecule has 0 spiro atoms. The number of ether oxygens (including phenoxy) is 3. The maximum Gasteiger partial charge on any atom is 0.342 e. The van der Waals surface area contributed by atoms with E-state index in [1.165, 1.54) is 26.7 Å². The Kier molecular flexibility index (Phi) is 5.37. The number of benzene rings is 1. The van der Waals surface area contributed by atoms with Gasteiger partial charge in [0.2, 0.25) is 0 Å². The summed E-state index contributed by atoms with van der Waals surface area (Å²) in [7, 11) is 2.97. The van der Waals surface area contributed by atoms with Crippen LogP contribution in [0.3, 0.4) is 0 Å². The first kappa shape index (κ1) is 20.2. The van der Waals surface area contributed by atoms with E-state index >= 15 is 0 Å². The highest BCUT2D eigenvalue weighted by Gasteiger charge is 2.60. The number of nitrogens with zero attached hydrogens (tertiary/aromatic N) is 1. The van der Waals surface area contributed by atoms with Gasteiger partial charge in [0.25, 0.3) is 5.91 Å². The van der Waals surface area contributed by atoms with E-state index in [4.69, 9.17) is 14.2 Å². The highest BCUT2D eigenvalue weighted by molar-refractivity contribution is 5.96. The second-order valence-electron chi connectivity index (χ2n) is 8.23. The molecule has 2 saturated carbocycles. The van der Waals surface area contributed by atoms with Gasteiger partial charge in [0.15, 0.2) is 6.61 Å². The fourth-order valence-electron chi connectivity index (χ4n) is 4.44. The molecule has 7 heteroatoms. The molecule has 1 aromatic rings. The van der Waals surface area contributed by atoms with Crippen LogP contribution < -0.4 is 14.9 Å². The summed E-state index contributed by atoms with van der Waals surface area (Å²) in [5, 5.41) is 4.36. The van der Waals surface area contributed by atoms with E-state index in [9.17, 15) is 9.59 Å². The number of fused-ring (bicyclic) bond motifs is 2. The molecule has 0 aromatic heterocycles. The monoisotopic (exact) mass is 388 g/mol. The Hall–Kier alpha value is -2.57. The van der Waals surface area contributed by atoms with Crippen molar-refractivity contribution in [1.82, 2.24) is 5.43 Å². The fourth-order valence-corrected chi connectivity index (χ4v) is 4.44. The summed E-state index contributed by atoms with van der Waals surface area (Å²) in [6.45, 7) is 6.37. The van der Waals surface area contributed by atoms with E-state index in [2.05, 4.69) is 31.3 Å². The van der Waals surface area contributed by atoms with Gasteiger partial charge >= 0.3 is 5.97 Å². The van der Waals surface area contributed by atoms with Gasteiger partial charge < -0.3 is 14.2 Å². The average molecular weight is 388 g/mol. The van der Waals surface area contributed by atoms with Crippen LogP contribution in [0, 0.1) is 16.7 Å². The molecule has 28 heavy (non-hydrogen) atoms. The minimum absolute atomic E-state index is 0.0120. The summed E-state index contributed by atoms with van der Waals surface area (Å²) < 4.78 is 15.4. The van der Waals surface area contributed by atoms with Crippen molar-refractivity contribution in [3.63, 3.8) is 0 Å². The number of hydrazone groups is 1. The lowest BCUT2D eigenvalue weighted by atomic mass is 9.70. The Morgan fingerprint density at radius 3 is 2.54 bits per heavy atom. The van der Waals surface area contributed by atoms with E-state index < -0.39 is 18.5 Å². The molecule has 7 nitrogen and oxygen atoms in total. The normalized spacial score (nSPS) is 26.2. The number of hydrogen-bond donors (Lipinski definition) is 1. The molecule has 1 N–H and O–H groups in total. The van der Waals surface area contributed by atoms with Gasteiger partial charge in [-0.25, -0.2) is 10.2 Å². The first-order valence-electron chi connectivity index (χ1n) is 9.48. The predicted molar refractivity (Wildman–Crippen MR) is 105 cm³/mol. The Morgan fingerprint density at radius 1 is 1.21 bits per heavy atom. The minimum Gasteiger partial charge on any atom is -0.497 e. The van der Waals surface area contributed by atoms with Crippen molar-refractivity contribution in [2.24, 2.45) is 21.8 Å². The van der Waals surface area contributed by atoms with Crippen LogP contribution in [0.15, 0.2) is 23.3 Å². The Balaban J connectivity index is 1.58. The van der Waals surface area contributed by atoms with Crippen LogP contribution in [0.5, 0.6) is 11.5 Å². The molecule has 2 fully saturated rings. The zero-order chi connectivity index (χ0) is 20.5. The van der Waals surface area contributed by atoms with Crippen molar-refractivity contribution in [2.45, 2.75) is 40.0 Å². The van der Waals surface area contributed by atoms with Gasteiger partial charge in [-0.1, -0.05) is 20.8 Å². The number of amides is 1. The van der Waals surface area contributed by atoms with Gasteiger partial charge in [0.1, 0.15) is 17.1 Å². The molecule has 152 valence electrons. The lowest BCUT2D eigenvalue weighted by molar-refractivity contribution is -0.124. The summed E-state index contributed by atoms with van der Waals surface area (Å²) in [5.41, 5.74) is 4.01. The van der Waals surface area contributed by atoms with E-state index in [1.807, 2.05) is 0 Å². The molecule has 0 aliphatic heterocycles. The summed E-state index contributed by atoms with van der Waals surface area (Å²) in [6.07, 6.45) is 3.20. The third-order valence-electron chi connectivity index (χ3n) is 6.79. The second-order valence-corrected chi connectivity index (χ2v) is 8.23. The van der Waals surface area contributed by atoms with Crippen LogP contribution in [0.2, 0.25) is 0 Å². The number of rotatable bonds is 6. The largest absolute Gasteiger partial charge is 0.497 e. The third kappa shape index (κ3) is 3.34. The first-order chi connectivity index (χ1) is 13.2. The number of hydrogen-bond acceptors (Lipinski definition) is 6. The number of carbonyl (C=O) groups is 2. The fraction of sp³-hybridized carbons (Fsp3) is 0.571. The predicted octanol–water partition coefficient (Wildman–Crippen LogP) is 3.18. The van der Waals surface area contributed by atoms with Crippen molar-refractivity contribution in [3.05, 3.63) is 23.8 Å². The standard InChI is InChI=1S/C21H28N2O5/c1-20(2)13-8-9-21(20,3)17(10-13)22-23-18(24)12-28-19(25)15-7-6-14(26-4)11-16(15)27-5/h6-7,11,13H,8-10,12H2,1-5H3,(H,23,24)/b22-17+. The molecule has 2 bridgehead atoms. The minimum atomic E-state index is -0.643. The quantitative estimate of drug-likeness (QED) is 0.597. The van der Waals surface area contributed by atoms with Gasteiger partial charge in [0, 0.05) is 17.2 Å². The highest BCUT2D eigenvalue weighted by Crippen LogP contribution is 2.63. The van der Waals surface area contributed by atoms with Crippen LogP contribution in [0.1, 0.15) is 50.4 Å². The topological polar surface area (TPSA) is 86.2 Å². The Bertz CT molecular complexity index is 817. The van der Waals surface area contributed by atoms with Crippen LogP contribution in [0.4, 0.5) is 0 Å². The molecule has 0 saturated heterocycles. The number of methoxy groups -OCH3 is 2. The van der Waals surface area contributed by atoms with Gasteiger partial charge in [0.05, 0.1) is 14.2 Å². The molecule has 0 radical (unpaired) electrons. The van der Waals surface area contributed by atoms with Crippen molar-refractivity contribution in [1.29, 1.82) is 0 Å². The van der Waals surface area contributed by atoms with Gasteiger partial charge in [-0.3, -0.25) is 4.79 Å². The molecule has 2 aliphatic carbocycles. The summed E-state index contributed by atoms with van der Waals surface area (Å²) in [5.74, 6) is 0.382. The summed E-state index contributed by atoms with van der Waals surface area (Å²) in [6, 6.07) is 4.75. The molecular formula is C21H28N2O5. The number of nitrogens with one attached hydrogen (secondary N) is 1. The van der Waals surface area contributed by atoms with Crippen molar-refractivity contribution >= 4 is 17.6 Å². The zero-order valence-electron chi connectivity index (χ0n) is 17.1. The molecular weight excluding hydrogens is 360 g/mol. The maximum absolute atomic E-state index is 12.3. The van der Waals surface area contributed by atoms with Gasteiger partial charge in [-0.15, -0.1) is 0 Å². The zero-order valence-corrected chi connectivity index (χ0v) is 17.1. The Morgan fingerprint density at radius 2 is 1.96 bits per heavy atom. The molecule has 2 unspecified atom stereocenters. The van der Waals surface area contributed by atoms with Crippen LogP contribution in [-0.4, -0.2) is 38.4 Å². The van der Waals surface area contributed by atoms with E-state index in [0.717, 1.165) is 18.6 Å². The molecule has 1 amide bonds. The number of esters is 1. The van der Waals surface area contributed by atoms with E-state index in [0.29, 0.717) is 17.4 Å². The van der Waals surface area contributed by atoms with Crippen molar-refractivity contribution in [2.75, 3.05) is 20.8 Å². The lowest BCUT2D eigenvalue weighted by Gasteiger charge is -2.34. The first-order valence-corrected chi connectivity index (χ1v) is 9.48. The maximum atomic E-state index is 12.3. The van der Waals surface area contributed by atoms with Crippen LogP contribution in [-0.2, 0) is 9.53 Å². The van der Waals surface area contributed by atoms with Gasteiger partial charge in [-0.05, 0) is 42.7 Å². The molecule has 0 heterocycles. The van der Waals surface area contributed by atoms with E-state index in [1.54, 1.807) is 12.1 Å². The smallest absolute Gasteiger partial charge is 0.342 e. The molecule has 2 aliphatic rings. The van der Waals surface area contributed by atoms with Crippen molar-refractivity contribution in [3.8, 4) is 11.5 Å². The Labute approximate surface area is 165 Å². The van der Waals surface area contributed by atoms with Crippen LogP contribution in [0.25, 0.3) is 0 Å². The van der Waals surface area contributed by atoms with Gasteiger partial charge in [-0.2, -0.15) is 5.10 Å². The van der Waals surface area contributed by atoms with Crippen molar-refractivity contribution < 1.29 is 23.8 Å². The third-order valence-corrected chi connectivity index (χ3v) is 6.79. The summed E-state index contributed by atoms with van der Waals surface area (Å²) >= 11 is 0.